The van der Waals surface area contributed by atoms with Crippen molar-refractivity contribution in [2.45, 2.75) is 26.6 Å². The molecule has 0 amide bonds. The van der Waals surface area contributed by atoms with Gasteiger partial charge in [0.25, 0.3) is 0 Å². The maximum absolute atomic E-state index is 10.8. The predicted octanol–water partition coefficient (Wildman–Crippen LogP) is 1.25. The summed E-state index contributed by atoms with van der Waals surface area (Å²) >= 11 is 0. The van der Waals surface area contributed by atoms with Crippen LogP contribution in [-0.2, 0) is 23.4 Å². The van der Waals surface area contributed by atoms with E-state index >= 15 is 0 Å². The summed E-state index contributed by atoms with van der Waals surface area (Å²) in [6.45, 7) is 8.17. The Morgan fingerprint density at radius 3 is 2.35 bits per heavy atom. The summed E-state index contributed by atoms with van der Waals surface area (Å²) in [7, 11) is 1.85. The molecular weight excluding hydrogens is 325 g/mol. The molecule has 0 fully saturated rings. The maximum Gasteiger partial charge on any atom is 0.533 e. The van der Waals surface area contributed by atoms with Crippen LogP contribution in [0.3, 0.4) is 0 Å². The van der Waals surface area contributed by atoms with Crippen LogP contribution >= 0.6 is 7.82 Å². The van der Waals surface area contributed by atoms with E-state index in [0.717, 1.165) is 17.1 Å². The number of carbonyl (C=O) groups excluding carboxylic acids is 1. The van der Waals surface area contributed by atoms with Gasteiger partial charge in [0.1, 0.15) is 12.7 Å². The van der Waals surface area contributed by atoms with E-state index < -0.39 is 20.1 Å². The number of hydrogen-bond donors (Lipinski definition) is 2. The molecule has 1 unspecified atom stereocenters. The lowest BCUT2D eigenvalue weighted by atomic mass is 10.5. The first-order valence-corrected chi connectivity index (χ1v) is 8.41. The van der Waals surface area contributed by atoms with Gasteiger partial charge in [0, 0.05) is 12.5 Å². The van der Waals surface area contributed by atoms with Crippen LogP contribution in [0.4, 0.5) is 0 Å². The quantitative estimate of drug-likeness (QED) is 0.177. The summed E-state index contributed by atoms with van der Waals surface area (Å²) in [4.78, 5) is 26.8. The van der Waals surface area contributed by atoms with Gasteiger partial charge in [-0.05, 0) is 6.92 Å². The Kier molecular flexibility index (Phi) is 12.6. The SMILES string of the molecule is C=CC(=O)OC(C)OCC[N+](C)(C)C.CCC#COP(=O)(O)O. The average Bonchev–Trinajstić information content (AvgIpc) is 2.36. The minimum atomic E-state index is -4.37. The minimum Gasteiger partial charge on any atom is -0.433 e. The van der Waals surface area contributed by atoms with Crippen molar-refractivity contribution in [3.05, 3.63) is 12.7 Å². The molecule has 0 aromatic carbocycles. The number of likely N-dealkylation sites (N-methyl/N-ethyl adjacent to an activating group) is 1. The van der Waals surface area contributed by atoms with Gasteiger partial charge in [0.2, 0.25) is 6.29 Å². The van der Waals surface area contributed by atoms with Crippen LogP contribution in [0, 0.1) is 12.0 Å². The van der Waals surface area contributed by atoms with Crippen LogP contribution in [0.15, 0.2) is 12.7 Å². The second-order valence-corrected chi connectivity index (χ2v) is 6.47. The van der Waals surface area contributed by atoms with E-state index in [1.807, 2.05) is 6.11 Å². The lowest BCUT2D eigenvalue weighted by Crippen LogP contribution is -2.38. The number of phosphoric acid groups is 1. The standard InChI is InChI=1S/C10H20NO3.C4H7O4P/c1-6-10(12)14-9(2)13-8-7-11(3,4)5;1-2-3-4-8-9(5,6)7/h6,9H,1,7-8H2,2-5H3;2H2,1H3,(H2,5,6,7)/q+1;. The monoisotopic (exact) mass is 352 g/mol. The molecule has 0 aliphatic rings. The van der Waals surface area contributed by atoms with E-state index in [4.69, 9.17) is 19.3 Å². The second-order valence-electron chi connectivity index (χ2n) is 5.31. The molecule has 0 aromatic rings. The normalized spacial score (nSPS) is 12.0. The maximum atomic E-state index is 10.8. The van der Waals surface area contributed by atoms with Gasteiger partial charge < -0.3 is 18.5 Å². The summed E-state index contributed by atoms with van der Waals surface area (Å²) in [5, 5.41) is 0. The zero-order valence-corrected chi connectivity index (χ0v) is 15.2. The first-order chi connectivity index (χ1) is 10.4. The van der Waals surface area contributed by atoms with Crippen LogP contribution in [-0.4, -0.2) is 60.8 Å². The highest BCUT2D eigenvalue weighted by Crippen LogP contribution is 2.34. The van der Waals surface area contributed by atoms with E-state index in [1.165, 1.54) is 0 Å². The lowest BCUT2D eigenvalue weighted by Gasteiger charge is -2.24. The molecule has 2 N–H and O–H groups in total. The van der Waals surface area contributed by atoms with E-state index in [9.17, 15) is 9.36 Å². The van der Waals surface area contributed by atoms with Crippen LogP contribution in [0.2, 0.25) is 0 Å². The summed E-state index contributed by atoms with van der Waals surface area (Å²) in [5.41, 5.74) is 0. The molecule has 9 heteroatoms. The Morgan fingerprint density at radius 1 is 1.39 bits per heavy atom. The van der Waals surface area contributed by atoms with Crippen molar-refractivity contribution >= 4 is 13.8 Å². The number of quaternary nitrogens is 1. The number of esters is 1. The third-order valence-corrected chi connectivity index (χ3v) is 2.31. The highest BCUT2D eigenvalue weighted by atomic mass is 31.2. The third-order valence-electron chi connectivity index (χ3n) is 1.98. The van der Waals surface area contributed by atoms with Gasteiger partial charge in [-0.3, -0.25) is 9.79 Å². The van der Waals surface area contributed by atoms with Gasteiger partial charge in [0.15, 0.2) is 0 Å². The van der Waals surface area contributed by atoms with Crippen molar-refractivity contribution in [1.82, 2.24) is 0 Å². The first kappa shape index (κ1) is 23.9. The summed E-state index contributed by atoms with van der Waals surface area (Å²) in [6, 6.07) is 0. The topological polar surface area (TPSA) is 102 Å². The van der Waals surface area contributed by atoms with Gasteiger partial charge in [-0.2, -0.15) is 0 Å². The molecule has 0 bridgehead atoms. The Labute approximate surface area is 137 Å². The van der Waals surface area contributed by atoms with Crippen molar-refractivity contribution in [1.29, 1.82) is 0 Å². The van der Waals surface area contributed by atoms with Gasteiger partial charge in [-0.1, -0.05) is 19.4 Å². The molecule has 0 aliphatic heterocycles. The lowest BCUT2D eigenvalue weighted by molar-refractivity contribution is -0.871. The molecule has 0 heterocycles. The zero-order chi connectivity index (χ0) is 18.5. The van der Waals surface area contributed by atoms with Crippen molar-refractivity contribution in [3.63, 3.8) is 0 Å². The van der Waals surface area contributed by atoms with Crippen LogP contribution in [0.5, 0.6) is 0 Å². The van der Waals surface area contributed by atoms with E-state index in [2.05, 4.69) is 38.2 Å². The summed E-state index contributed by atoms with van der Waals surface area (Å²) in [6.07, 6.45) is 2.99. The van der Waals surface area contributed by atoms with Gasteiger partial charge in [0.05, 0.1) is 27.7 Å². The highest BCUT2D eigenvalue weighted by molar-refractivity contribution is 7.46. The molecule has 8 nitrogen and oxygen atoms in total. The molecule has 0 aliphatic carbocycles. The molecule has 0 radical (unpaired) electrons. The zero-order valence-electron chi connectivity index (χ0n) is 14.3. The molecule has 23 heavy (non-hydrogen) atoms. The largest absolute Gasteiger partial charge is 0.533 e. The molecule has 0 saturated heterocycles. The average molecular weight is 352 g/mol. The fourth-order valence-corrected chi connectivity index (χ4v) is 1.09. The third kappa shape index (κ3) is 23.0. The van der Waals surface area contributed by atoms with Crippen molar-refractivity contribution < 1.29 is 37.6 Å². The van der Waals surface area contributed by atoms with Gasteiger partial charge in [-0.15, -0.1) is 0 Å². The predicted molar refractivity (Wildman–Crippen MR) is 85.8 cm³/mol. The highest BCUT2D eigenvalue weighted by Gasteiger charge is 2.12. The molecule has 0 saturated carbocycles. The Hall–Kier alpha value is -1.36. The Balaban J connectivity index is 0. The fourth-order valence-electron chi connectivity index (χ4n) is 0.902. The van der Waals surface area contributed by atoms with E-state index in [1.54, 1.807) is 13.8 Å². The first-order valence-electron chi connectivity index (χ1n) is 6.88. The van der Waals surface area contributed by atoms with E-state index in [-0.39, 0.29) is 0 Å². The van der Waals surface area contributed by atoms with Crippen molar-refractivity contribution in [2.75, 3.05) is 34.3 Å². The molecule has 0 spiro atoms. The molecular formula is C14H27NO7P+. The number of nitrogens with zero attached hydrogens (tertiary/aromatic N) is 1. The van der Waals surface area contributed by atoms with Crippen molar-refractivity contribution in [2.24, 2.45) is 0 Å². The Morgan fingerprint density at radius 2 is 1.96 bits per heavy atom. The molecule has 134 valence electrons. The fraction of sp³-hybridized carbons (Fsp3) is 0.643. The Bertz CT molecular complexity index is 456. The smallest absolute Gasteiger partial charge is 0.433 e. The number of carbonyl (C=O) groups is 1. The van der Waals surface area contributed by atoms with Gasteiger partial charge in [-0.25, -0.2) is 9.36 Å². The molecule has 0 rings (SSSR count). The van der Waals surface area contributed by atoms with Gasteiger partial charge >= 0.3 is 13.8 Å². The minimum absolute atomic E-state index is 0.456. The number of phosphoric ester groups is 1. The summed E-state index contributed by atoms with van der Waals surface area (Å²) < 4.78 is 24.6. The second kappa shape index (κ2) is 12.1. The number of rotatable bonds is 7. The van der Waals surface area contributed by atoms with Crippen molar-refractivity contribution in [3.8, 4) is 12.0 Å². The van der Waals surface area contributed by atoms with Crippen LogP contribution in [0.25, 0.3) is 0 Å². The number of hydrogen-bond acceptors (Lipinski definition) is 5. The van der Waals surface area contributed by atoms with E-state index in [0.29, 0.717) is 13.0 Å². The molecule has 1 atom stereocenters. The summed E-state index contributed by atoms with van der Waals surface area (Å²) in [5.74, 6) is 1.88. The number of ether oxygens (including phenoxy) is 2. The molecule has 0 aromatic heterocycles. The van der Waals surface area contributed by atoms with Crippen LogP contribution in [0.1, 0.15) is 20.3 Å². The van der Waals surface area contributed by atoms with Crippen LogP contribution < -0.4 is 0 Å².